The van der Waals surface area contributed by atoms with Crippen LogP contribution in [-0.4, -0.2) is 66.8 Å². The minimum absolute atomic E-state index is 0.0730. The second kappa shape index (κ2) is 9.58. The number of carbonyl (C=O) groups excluding carboxylic acids is 3. The molecule has 1 aliphatic heterocycles. The van der Waals surface area contributed by atoms with Crippen LogP contribution in [0.2, 0.25) is 5.02 Å². The zero-order valence-electron chi connectivity index (χ0n) is 16.1. The predicted octanol–water partition coefficient (Wildman–Crippen LogP) is 1.75. The Labute approximate surface area is 173 Å². The number of anilines is 1. The monoisotopic (exact) mass is 418 g/mol. The van der Waals surface area contributed by atoms with Gasteiger partial charge in [0.05, 0.1) is 35.6 Å². The second-order valence-electron chi connectivity index (χ2n) is 6.76. The average molecular weight is 419 g/mol. The first kappa shape index (κ1) is 20.9. The Bertz CT molecular complexity index is 890. The fourth-order valence-electron chi connectivity index (χ4n) is 3.09. The molecule has 29 heavy (non-hydrogen) atoms. The molecule has 154 valence electrons. The van der Waals surface area contributed by atoms with Crippen molar-refractivity contribution in [1.82, 2.24) is 15.1 Å². The van der Waals surface area contributed by atoms with Gasteiger partial charge in [0.15, 0.2) is 0 Å². The third kappa shape index (κ3) is 5.58. The molecule has 1 aliphatic rings. The number of halogens is 1. The second-order valence-corrected chi connectivity index (χ2v) is 7.17. The maximum Gasteiger partial charge on any atom is 0.255 e. The summed E-state index contributed by atoms with van der Waals surface area (Å²) in [5.41, 5.74) is 1.00. The Balaban J connectivity index is 1.40. The molecule has 0 spiro atoms. The lowest BCUT2D eigenvalue weighted by molar-refractivity contribution is -0.132. The van der Waals surface area contributed by atoms with Gasteiger partial charge in [-0.1, -0.05) is 23.7 Å². The van der Waals surface area contributed by atoms with Crippen molar-refractivity contribution < 1.29 is 18.8 Å². The Hall–Kier alpha value is -2.84. The molecule has 0 unspecified atom stereocenters. The van der Waals surface area contributed by atoms with Crippen LogP contribution in [0, 0.1) is 6.92 Å². The molecular weight excluding hydrogens is 396 g/mol. The van der Waals surface area contributed by atoms with Gasteiger partial charge in [-0.2, -0.15) is 0 Å². The molecule has 1 aromatic carbocycles. The largest absolute Gasteiger partial charge is 0.469 e. The van der Waals surface area contributed by atoms with Gasteiger partial charge < -0.3 is 20.0 Å². The number of benzene rings is 1. The van der Waals surface area contributed by atoms with Crippen molar-refractivity contribution in [3.63, 3.8) is 0 Å². The number of para-hydroxylation sites is 1. The number of nitrogens with one attached hydrogen (secondary N) is 2. The van der Waals surface area contributed by atoms with Gasteiger partial charge in [0.1, 0.15) is 5.76 Å². The number of rotatable bonds is 6. The SMILES string of the molecule is Cc1occc1C(=O)NCC(=O)N1CCN(CC(=O)Nc2ccccc2Cl)CC1. The predicted molar refractivity (Wildman–Crippen MR) is 109 cm³/mol. The highest BCUT2D eigenvalue weighted by Gasteiger charge is 2.23. The van der Waals surface area contributed by atoms with Crippen molar-refractivity contribution in [3.05, 3.63) is 52.9 Å². The Kier molecular flexibility index (Phi) is 6.90. The average Bonchev–Trinajstić information content (AvgIpc) is 3.14. The molecular formula is C20H23ClN4O4. The van der Waals surface area contributed by atoms with Gasteiger partial charge in [0.2, 0.25) is 11.8 Å². The maximum absolute atomic E-state index is 12.3. The number of hydrogen-bond donors (Lipinski definition) is 2. The summed E-state index contributed by atoms with van der Waals surface area (Å²) in [4.78, 5) is 40.3. The first-order valence-electron chi connectivity index (χ1n) is 9.31. The fourth-order valence-corrected chi connectivity index (χ4v) is 3.28. The van der Waals surface area contributed by atoms with Crippen LogP contribution >= 0.6 is 11.6 Å². The molecule has 0 atom stereocenters. The molecule has 1 saturated heterocycles. The third-order valence-electron chi connectivity index (χ3n) is 4.74. The Morgan fingerprint density at radius 1 is 1.10 bits per heavy atom. The molecule has 0 radical (unpaired) electrons. The zero-order valence-corrected chi connectivity index (χ0v) is 16.9. The van der Waals surface area contributed by atoms with Gasteiger partial charge in [0.25, 0.3) is 5.91 Å². The number of piperazine rings is 1. The zero-order chi connectivity index (χ0) is 20.8. The summed E-state index contributed by atoms with van der Waals surface area (Å²) < 4.78 is 5.09. The number of amides is 3. The van der Waals surface area contributed by atoms with Gasteiger partial charge in [0, 0.05) is 26.2 Å². The molecule has 2 heterocycles. The molecule has 2 N–H and O–H groups in total. The minimum atomic E-state index is -0.334. The third-order valence-corrected chi connectivity index (χ3v) is 5.07. The summed E-state index contributed by atoms with van der Waals surface area (Å²) in [5.74, 6) is -0.126. The van der Waals surface area contributed by atoms with Crippen molar-refractivity contribution in [2.24, 2.45) is 0 Å². The lowest BCUT2D eigenvalue weighted by Gasteiger charge is -2.34. The summed E-state index contributed by atoms with van der Waals surface area (Å²) >= 11 is 6.05. The molecule has 2 aromatic rings. The van der Waals surface area contributed by atoms with Crippen molar-refractivity contribution in [2.45, 2.75) is 6.92 Å². The van der Waals surface area contributed by atoms with Crippen molar-refractivity contribution in [1.29, 1.82) is 0 Å². The van der Waals surface area contributed by atoms with Crippen LogP contribution in [0.25, 0.3) is 0 Å². The summed E-state index contributed by atoms with van der Waals surface area (Å²) in [7, 11) is 0. The molecule has 3 amide bonds. The highest BCUT2D eigenvalue weighted by molar-refractivity contribution is 6.33. The van der Waals surface area contributed by atoms with E-state index in [1.54, 1.807) is 42.2 Å². The van der Waals surface area contributed by atoms with E-state index < -0.39 is 0 Å². The summed E-state index contributed by atoms with van der Waals surface area (Å²) in [6, 6.07) is 8.64. The lowest BCUT2D eigenvalue weighted by atomic mass is 10.2. The number of furan rings is 1. The van der Waals surface area contributed by atoms with Crippen molar-refractivity contribution >= 4 is 35.0 Å². The van der Waals surface area contributed by atoms with Crippen LogP contribution in [0.4, 0.5) is 5.69 Å². The molecule has 1 aromatic heterocycles. The molecule has 0 bridgehead atoms. The van der Waals surface area contributed by atoms with E-state index in [-0.39, 0.29) is 30.8 Å². The maximum atomic E-state index is 12.3. The molecule has 8 nitrogen and oxygen atoms in total. The van der Waals surface area contributed by atoms with E-state index in [4.69, 9.17) is 16.0 Å². The van der Waals surface area contributed by atoms with Gasteiger partial charge in [-0.05, 0) is 25.1 Å². The molecule has 9 heteroatoms. The van der Waals surface area contributed by atoms with E-state index in [1.807, 2.05) is 4.90 Å². The number of nitrogens with zero attached hydrogens (tertiary/aromatic N) is 2. The van der Waals surface area contributed by atoms with Crippen LogP contribution in [-0.2, 0) is 9.59 Å². The molecule has 0 aliphatic carbocycles. The Morgan fingerprint density at radius 3 is 2.48 bits per heavy atom. The van der Waals surface area contributed by atoms with Gasteiger partial charge in [-0.15, -0.1) is 0 Å². The van der Waals surface area contributed by atoms with E-state index in [0.717, 1.165) is 0 Å². The lowest BCUT2D eigenvalue weighted by Crippen LogP contribution is -2.52. The number of carbonyl (C=O) groups is 3. The normalized spacial score (nSPS) is 14.5. The highest BCUT2D eigenvalue weighted by Crippen LogP contribution is 2.20. The fraction of sp³-hybridized carbons (Fsp3) is 0.350. The van der Waals surface area contributed by atoms with Gasteiger partial charge in [-0.3, -0.25) is 19.3 Å². The van der Waals surface area contributed by atoms with E-state index >= 15 is 0 Å². The van der Waals surface area contributed by atoms with Crippen LogP contribution in [0.3, 0.4) is 0 Å². The summed E-state index contributed by atoms with van der Waals surface area (Å²) in [5, 5.41) is 5.90. The molecule has 1 fully saturated rings. The number of aryl methyl sites for hydroxylation is 1. The first-order chi connectivity index (χ1) is 13.9. The van der Waals surface area contributed by atoms with Gasteiger partial charge in [-0.25, -0.2) is 0 Å². The molecule has 3 rings (SSSR count). The number of hydrogen-bond acceptors (Lipinski definition) is 5. The minimum Gasteiger partial charge on any atom is -0.469 e. The molecule has 0 saturated carbocycles. The van der Waals surface area contributed by atoms with Crippen LogP contribution in [0.5, 0.6) is 0 Å². The van der Waals surface area contributed by atoms with Gasteiger partial charge >= 0.3 is 0 Å². The first-order valence-corrected chi connectivity index (χ1v) is 9.68. The van der Waals surface area contributed by atoms with E-state index in [0.29, 0.717) is 48.2 Å². The van der Waals surface area contributed by atoms with Crippen LogP contribution in [0.1, 0.15) is 16.1 Å². The van der Waals surface area contributed by atoms with Crippen LogP contribution < -0.4 is 10.6 Å². The van der Waals surface area contributed by atoms with Crippen LogP contribution in [0.15, 0.2) is 41.0 Å². The van der Waals surface area contributed by atoms with Crippen molar-refractivity contribution in [3.8, 4) is 0 Å². The van der Waals surface area contributed by atoms with E-state index in [9.17, 15) is 14.4 Å². The van der Waals surface area contributed by atoms with E-state index in [2.05, 4.69) is 10.6 Å². The summed E-state index contributed by atoms with van der Waals surface area (Å²) in [6.45, 7) is 4.00. The van der Waals surface area contributed by atoms with E-state index in [1.165, 1.54) is 6.26 Å². The summed E-state index contributed by atoms with van der Waals surface area (Å²) in [6.07, 6.45) is 1.44. The topological polar surface area (TPSA) is 94.9 Å². The standard InChI is InChI=1S/C20H23ClN4O4/c1-14-15(6-11-29-14)20(28)22-12-19(27)25-9-7-24(8-10-25)13-18(26)23-17-5-3-2-4-16(17)21/h2-6,11H,7-10,12-13H2,1H3,(H,22,28)(H,23,26). The quantitative estimate of drug-likeness (QED) is 0.745. The van der Waals surface area contributed by atoms with Crippen molar-refractivity contribution in [2.75, 3.05) is 44.6 Å². The smallest absolute Gasteiger partial charge is 0.255 e. The highest BCUT2D eigenvalue weighted by atomic mass is 35.5. The Morgan fingerprint density at radius 2 is 1.83 bits per heavy atom.